The zero-order valence-electron chi connectivity index (χ0n) is 18.3. The Hall–Kier alpha value is -0.0800. The van der Waals surface area contributed by atoms with Crippen molar-refractivity contribution in [3.8, 4) is 0 Å². The second-order valence-electron chi connectivity index (χ2n) is 8.04. The van der Waals surface area contributed by atoms with Crippen LogP contribution in [0.1, 0.15) is 87.5 Å². The fourth-order valence-corrected chi connectivity index (χ4v) is 3.82. The Morgan fingerprint density at radius 2 is 1.50 bits per heavy atom. The highest BCUT2D eigenvalue weighted by Crippen LogP contribution is 2.23. The molecule has 0 amide bonds. The Bertz CT molecular complexity index is 247. The normalized spacial score (nSPS) is 25.8. The molecule has 0 radical (unpaired) electrons. The van der Waals surface area contributed by atoms with Gasteiger partial charge in [-0.25, -0.2) is 0 Å². The summed E-state index contributed by atoms with van der Waals surface area (Å²) in [6, 6.07) is 0.754. The summed E-state index contributed by atoms with van der Waals surface area (Å²) in [6.07, 6.45) is 7.10. The van der Waals surface area contributed by atoms with Crippen molar-refractivity contribution in [3.63, 3.8) is 0 Å². The first-order valence-electron chi connectivity index (χ1n) is 10.9. The first-order valence-corrected chi connectivity index (χ1v) is 10.9. The van der Waals surface area contributed by atoms with Gasteiger partial charge in [-0.05, 0) is 76.9 Å². The molecule has 0 aromatic heterocycles. The van der Waals surface area contributed by atoms with Gasteiger partial charge >= 0.3 is 0 Å². The van der Waals surface area contributed by atoms with Crippen molar-refractivity contribution in [2.24, 2.45) is 17.8 Å². The number of piperidine rings is 2. The largest absolute Gasteiger partial charge is 0.303 e. The van der Waals surface area contributed by atoms with Gasteiger partial charge in [-0.2, -0.15) is 0 Å². The zero-order chi connectivity index (χ0) is 18.5. The summed E-state index contributed by atoms with van der Waals surface area (Å²) >= 11 is 0. The van der Waals surface area contributed by atoms with Crippen LogP contribution in [-0.2, 0) is 0 Å². The maximum atomic E-state index is 2.61. The van der Waals surface area contributed by atoms with E-state index in [1.807, 2.05) is 13.8 Å². The molecule has 0 bridgehead atoms. The van der Waals surface area contributed by atoms with E-state index in [1.54, 1.807) is 0 Å². The van der Waals surface area contributed by atoms with Gasteiger partial charge in [0, 0.05) is 19.1 Å². The Morgan fingerprint density at radius 1 is 0.875 bits per heavy atom. The first kappa shape index (κ1) is 23.9. The molecule has 2 rings (SSSR count). The van der Waals surface area contributed by atoms with Gasteiger partial charge in [0.1, 0.15) is 0 Å². The summed E-state index contributed by atoms with van der Waals surface area (Å²) in [7, 11) is 0. The van der Waals surface area contributed by atoms with E-state index in [2.05, 4.69) is 51.3 Å². The molecule has 2 unspecified atom stereocenters. The molecule has 0 N–H and O–H groups in total. The summed E-state index contributed by atoms with van der Waals surface area (Å²) < 4.78 is 0. The third-order valence-electron chi connectivity index (χ3n) is 5.79. The SMILES string of the molecule is CC.CCC1CCCN(C(C)C)C1.CCN1CCCC(C(C)C)C1. The van der Waals surface area contributed by atoms with Crippen molar-refractivity contribution in [3.05, 3.63) is 0 Å². The Morgan fingerprint density at radius 3 is 2.00 bits per heavy atom. The van der Waals surface area contributed by atoms with Crippen LogP contribution in [0.5, 0.6) is 0 Å². The molecule has 0 aromatic rings. The first-order chi connectivity index (χ1) is 11.5. The van der Waals surface area contributed by atoms with E-state index in [0.29, 0.717) is 0 Å². The monoisotopic (exact) mass is 340 g/mol. The molecule has 2 fully saturated rings. The van der Waals surface area contributed by atoms with Crippen LogP contribution in [0.4, 0.5) is 0 Å². The average molecular weight is 341 g/mol. The van der Waals surface area contributed by atoms with Crippen LogP contribution in [0.15, 0.2) is 0 Å². The summed E-state index contributed by atoms with van der Waals surface area (Å²) in [5, 5.41) is 0. The van der Waals surface area contributed by atoms with Gasteiger partial charge in [-0.15, -0.1) is 0 Å². The van der Waals surface area contributed by atoms with E-state index in [-0.39, 0.29) is 0 Å². The second-order valence-corrected chi connectivity index (χ2v) is 8.04. The molecule has 0 aromatic carbocycles. The molecule has 146 valence electrons. The lowest BCUT2D eigenvalue weighted by Gasteiger charge is -2.34. The number of nitrogens with zero attached hydrogens (tertiary/aromatic N) is 2. The third kappa shape index (κ3) is 9.42. The van der Waals surface area contributed by atoms with E-state index in [1.165, 1.54) is 64.8 Å². The minimum atomic E-state index is 0.754. The van der Waals surface area contributed by atoms with Crippen LogP contribution < -0.4 is 0 Å². The van der Waals surface area contributed by atoms with E-state index in [9.17, 15) is 0 Å². The lowest BCUT2D eigenvalue weighted by molar-refractivity contribution is 0.138. The number of hydrogen-bond acceptors (Lipinski definition) is 2. The van der Waals surface area contributed by atoms with Crippen LogP contribution in [-0.4, -0.2) is 48.6 Å². The van der Waals surface area contributed by atoms with Crippen molar-refractivity contribution < 1.29 is 0 Å². The average Bonchev–Trinajstić information content (AvgIpc) is 2.64. The quantitative estimate of drug-likeness (QED) is 0.627. The van der Waals surface area contributed by atoms with Crippen LogP contribution in [0.3, 0.4) is 0 Å². The molecule has 2 aliphatic heterocycles. The predicted octanol–water partition coefficient (Wildman–Crippen LogP) is 5.92. The molecule has 2 atom stereocenters. The van der Waals surface area contributed by atoms with Crippen molar-refractivity contribution >= 4 is 0 Å². The van der Waals surface area contributed by atoms with Crippen LogP contribution in [0.2, 0.25) is 0 Å². The van der Waals surface area contributed by atoms with E-state index >= 15 is 0 Å². The maximum absolute atomic E-state index is 2.61. The fraction of sp³-hybridized carbons (Fsp3) is 1.00. The van der Waals surface area contributed by atoms with E-state index in [4.69, 9.17) is 0 Å². The van der Waals surface area contributed by atoms with Gasteiger partial charge in [0.2, 0.25) is 0 Å². The smallest absolute Gasteiger partial charge is 0.00387 e. The number of rotatable bonds is 4. The van der Waals surface area contributed by atoms with Gasteiger partial charge < -0.3 is 9.80 Å². The topological polar surface area (TPSA) is 6.48 Å². The lowest BCUT2D eigenvalue weighted by atomic mass is 9.88. The van der Waals surface area contributed by atoms with E-state index in [0.717, 1.165) is 23.8 Å². The maximum Gasteiger partial charge on any atom is 0.00387 e. The second kappa shape index (κ2) is 14.1. The Balaban J connectivity index is 0.000000400. The third-order valence-corrected chi connectivity index (χ3v) is 5.79. The molecule has 0 saturated carbocycles. The Kier molecular flexibility index (Phi) is 14.1. The van der Waals surface area contributed by atoms with Gasteiger partial charge in [-0.3, -0.25) is 0 Å². The standard InChI is InChI=1S/2C10H21N.C2H6/c1-4-11-7-5-6-10(8-11)9(2)3;1-4-10-6-5-7-11(8-10)9(2)3;1-2/h2*9-10H,4-8H2,1-3H3;1-2H3. The molecule has 0 spiro atoms. The van der Waals surface area contributed by atoms with Gasteiger partial charge in [0.05, 0.1) is 0 Å². The molecule has 2 heterocycles. The van der Waals surface area contributed by atoms with Gasteiger partial charge in [0.15, 0.2) is 0 Å². The molecular formula is C22H48N2. The van der Waals surface area contributed by atoms with Crippen molar-refractivity contribution in [1.29, 1.82) is 0 Å². The highest BCUT2D eigenvalue weighted by Gasteiger charge is 2.21. The fourth-order valence-electron chi connectivity index (χ4n) is 3.82. The van der Waals surface area contributed by atoms with Crippen LogP contribution >= 0.6 is 0 Å². The molecule has 24 heavy (non-hydrogen) atoms. The lowest BCUT2D eigenvalue weighted by Crippen LogP contribution is -2.39. The van der Waals surface area contributed by atoms with E-state index < -0.39 is 0 Å². The van der Waals surface area contributed by atoms with Gasteiger partial charge in [0.25, 0.3) is 0 Å². The van der Waals surface area contributed by atoms with Crippen LogP contribution in [0, 0.1) is 17.8 Å². The molecule has 0 aliphatic carbocycles. The Labute approximate surface area is 154 Å². The van der Waals surface area contributed by atoms with Crippen LogP contribution in [0.25, 0.3) is 0 Å². The summed E-state index contributed by atoms with van der Waals surface area (Å²) in [5.41, 5.74) is 0. The summed E-state index contributed by atoms with van der Waals surface area (Å²) in [4.78, 5) is 5.19. The van der Waals surface area contributed by atoms with Crippen molar-refractivity contribution in [1.82, 2.24) is 9.80 Å². The molecular weight excluding hydrogens is 292 g/mol. The molecule has 2 aliphatic rings. The van der Waals surface area contributed by atoms with Gasteiger partial charge in [-0.1, -0.05) is 48.0 Å². The predicted molar refractivity (Wildman–Crippen MR) is 111 cm³/mol. The highest BCUT2D eigenvalue weighted by molar-refractivity contribution is 4.74. The zero-order valence-corrected chi connectivity index (χ0v) is 18.3. The summed E-state index contributed by atoms with van der Waals surface area (Å²) in [5.74, 6) is 2.82. The molecule has 2 saturated heterocycles. The summed E-state index contributed by atoms with van der Waals surface area (Å²) in [6.45, 7) is 24.5. The molecule has 2 nitrogen and oxygen atoms in total. The minimum absolute atomic E-state index is 0.754. The number of hydrogen-bond donors (Lipinski definition) is 0. The molecule has 2 heteroatoms. The highest BCUT2D eigenvalue weighted by atomic mass is 15.2. The number of likely N-dealkylation sites (tertiary alicyclic amines) is 2. The minimum Gasteiger partial charge on any atom is -0.303 e. The van der Waals surface area contributed by atoms with Crippen molar-refractivity contribution in [2.45, 2.75) is 93.5 Å². The van der Waals surface area contributed by atoms with Crippen molar-refractivity contribution in [2.75, 3.05) is 32.7 Å².